The maximum absolute atomic E-state index is 12.9. The minimum absolute atomic E-state index is 0.0755. The fourth-order valence-corrected chi connectivity index (χ4v) is 4.84. The summed E-state index contributed by atoms with van der Waals surface area (Å²) in [6.45, 7) is 2.15. The number of ether oxygens (including phenoxy) is 3. The summed E-state index contributed by atoms with van der Waals surface area (Å²) in [4.78, 5) is 39.4. The number of rotatable bonds is 10. The van der Waals surface area contributed by atoms with Gasteiger partial charge >= 0.3 is 0 Å². The van der Waals surface area contributed by atoms with Gasteiger partial charge in [0.15, 0.2) is 18.1 Å². The lowest BCUT2D eigenvalue weighted by Gasteiger charge is -2.13. The second-order valence-electron chi connectivity index (χ2n) is 8.19. The number of nitrogens with one attached hydrogen (secondary N) is 1. The third-order valence-corrected chi connectivity index (χ3v) is 7.15. The monoisotopic (exact) mass is 586 g/mol. The number of nitrogens with zero attached hydrogens (tertiary/aromatic N) is 1. The molecule has 1 fully saturated rings. The van der Waals surface area contributed by atoms with E-state index in [2.05, 4.69) is 5.32 Å². The number of hydrogen-bond donors (Lipinski definition) is 1. The van der Waals surface area contributed by atoms with Gasteiger partial charge in [0, 0.05) is 0 Å². The van der Waals surface area contributed by atoms with E-state index in [1.165, 1.54) is 7.11 Å². The average molecular weight is 587 g/mol. The van der Waals surface area contributed by atoms with E-state index in [1.807, 2.05) is 13.0 Å². The van der Waals surface area contributed by atoms with Crippen LogP contribution in [0.2, 0.25) is 10.0 Å². The highest BCUT2D eigenvalue weighted by molar-refractivity contribution is 8.18. The highest BCUT2D eigenvalue weighted by Gasteiger charge is 2.35. The van der Waals surface area contributed by atoms with Crippen LogP contribution in [-0.4, -0.2) is 42.3 Å². The van der Waals surface area contributed by atoms with Crippen LogP contribution in [0.3, 0.4) is 0 Å². The van der Waals surface area contributed by atoms with Crippen LogP contribution in [0.1, 0.15) is 18.1 Å². The molecule has 3 amide bonds. The van der Waals surface area contributed by atoms with Crippen molar-refractivity contribution in [2.75, 3.05) is 25.6 Å². The first-order valence-corrected chi connectivity index (χ1v) is 13.4. The minimum atomic E-state index is -0.417. The van der Waals surface area contributed by atoms with Gasteiger partial charge in [-0.3, -0.25) is 19.3 Å². The van der Waals surface area contributed by atoms with Crippen molar-refractivity contribution in [1.29, 1.82) is 0 Å². The topological polar surface area (TPSA) is 94.2 Å². The Hall–Kier alpha value is -3.66. The van der Waals surface area contributed by atoms with Crippen molar-refractivity contribution in [1.82, 2.24) is 4.90 Å². The van der Waals surface area contributed by atoms with Gasteiger partial charge in [0.25, 0.3) is 17.1 Å². The quantitative estimate of drug-likeness (QED) is 0.265. The zero-order valence-electron chi connectivity index (χ0n) is 21.0. The normalized spacial score (nSPS) is 14.1. The van der Waals surface area contributed by atoms with E-state index in [4.69, 9.17) is 37.4 Å². The van der Waals surface area contributed by atoms with Crippen LogP contribution < -0.4 is 19.5 Å². The van der Waals surface area contributed by atoms with E-state index >= 15 is 0 Å². The van der Waals surface area contributed by atoms with Crippen molar-refractivity contribution < 1.29 is 28.6 Å². The van der Waals surface area contributed by atoms with Gasteiger partial charge in [-0.2, -0.15) is 0 Å². The smallest absolute Gasteiger partial charge is 0.293 e. The van der Waals surface area contributed by atoms with Gasteiger partial charge in [0.05, 0.1) is 40.9 Å². The summed E-state index contributed by atoms with van der Waals surface area (Å²) in [5, 5.41) is 3.12. The summed E-state index contributed by atoms with van der Waals surface area (Å²) in [6, 6.07) is 17.1. The highest BCUT2D eigenvalue weighted by Crippen LogP contribution is 2.36. The molecule has 0 aromatic heterocycles. The van der Waals surface area contributed by atoms with Gasteiger partial charge in [-0.1, -0.05) is 47.5 Å². The molecule has 1 aliphatic rings. The number of imide groups is 1. The van der Waals surface area contributed by atoms with Crippen molar-refractivity contribution in [2.45, 2.75) is 13.5 Å². The van der Waals surface area contributed by atoms with Crippen molar-refractivity contribution in [3.8, 4) is 17.2 Å². The molecule has 3 aromatic rings. The number of benzene rings is 3. The molecule has 1 aliphatic heterocycles. The summed E-state index contributed by atoms with van der Waals surface area (Å²) in [5.74, 6) is 0.483. The molecule has 3 aromatic carbocycles. The SMILES string of the molecule is CCOc1ccccc1NC(=O)COc1ccc(/C=C2\SC(=O)N(Cc3ccc(Cl)c(Cl)c3)C2=O)cc1OC. The maximum atomic E-state index is 12.9. The number of carbonyl (C=O) groups excluding carboxylic acids is 3. The number of halogens is 2. The molecule has 0 unspecified atom stereocenters. The molecule has 0 aliphatic carbocycles. The van der Waals surface area contributed by atoms with E-state index in [1.54, 1.807) is 60.7 Å². The second-order valence-corrected chi connectivity index (χ2v) is 10.0. The van der Waals surface area contributed by atoms with Crippen LogP contribution in [0.4, 0.5) is 10.5 Å². The van der Waals surface area contributed by atoms with Crippen molar-refractivity contribution in [3.63, 3.8) is 0 Å². The Morgan fingerprint density at radius 1 is 0.974 bits per heavy atom. The Bertz CT molecular complexity index is 1450. The van der Waals surface area contributed by atoms with Gasteiger partial charge in [-0.25, -0.2) is 0 Å². The average Bonchev–Trinajstić information content (AvgIpc) is 3.18. The number of carbonyl (C=O) groups is 3. The summed E-state index contributed by atoms with van der Waals surface area (Å²) < 4.78 is 16.6. The highest BCUT2D eigenvalue weighted by atomic mass is 35.5. The van der Waals surface area contributed by atoms with Crippen LogP contribution in [0.15, 0.2) is 65.6 Å². The molecule has 39 heavy (non-hydrogen) atoms. The molecule has 4 rings (SSSR count). The first-order valence-electron chi connectivity index (χ1n) is 11.8. The first-order chi connectivity index (χ1) is 18.8. The molecule has 1 N–H and O–H groups in total. The van der Waals surface area contributed by atoms with Crippen LogP contribution in [0.25, 0.3) is 6.08 Å². The molecular formula is C28H24Cl2N2O6S. The van der Waals surface area contributed by atoms with E-state index in [-0.39, 0.29) is 29.2 Å². The van der Waals surface area contributed by atoms with Crippen molar-refractivity contribution in [2.24, 2.45) is 0 Å². The van der Waals surface area contributed by atoms with E-state index in [0.717, 1.165) is 16.7 Å². The van der Waals surface area contributed by atoms with Gasteiger partial charge in [-0.15, -0.1) is 0 Å². The molecule has 0 atom stereocenters. The number of thioether (sulfide) groups is 1. The Morgan fingerprint density at radius 3 is 2.51 bits per heavy atom. The number of amides is 3. The summed E-state index contributed by atoms with van der Waals surface area (Å²) >= 11 is 12.9. The predicted octanol–water partition coefficient (Wildman–Crippen LogP) is 6.65. The number of hydrogen-bond acceptors (Lipinski definition) is 7. The lowest BCUT2D eigenvalue weighted by molar-refractivity contribution is -0.123. The van der Waals surface area contributed by atoms with E-state index in [0.29, 0.717) is 50.7 Å². The van der Waals surface area contributed by atoms with E-state index in [9.17, 15) is 14.4 Å². The van der Waals surface area contributed by atoms with Gasteiger partial charge in [0.2, 0.25) is 0 Å². The Morgan fingerprint density at radius 2 is 1.77 bits per heavy atom. The predicted molar refractivity (Wildman–Crippen MR) is 153 cm³/mol. The van der Waals surface area contributed by atoms with Crippen molar-refractivity contribution in [3.05, 3.63) is 86.7 Å². The zero-order chi connectivity index (χ0) is 27.9. The maximum Gasteiger partial charge on any atom is 0.293 e. The summed E-state index contributed by atoms with van der Waals surface area (Å²) in [5.41, 5.74) is 1.85. The van der Waals surface area contributed by atoms with Crippen LogP contribution in [0, 0.1) is 0 Å². The first kappa shape index (κ1) is 28.4. The standard InChI is InChI=1S/C28H24Cl2N2O6S/c1-3-37-22-7-5-4-6-21(22)31-26(33)16-38-23-11-9-17(13-24(23)36-2)14-25-27(34)32(28(35)39-25)15-18-8-10-19(29)20(30)12-18/h4-14H,3,15-16H2,1-2H3,(H,31,33)/b25-14-. The molecule has 11 heteroatoms. The van der Waals surface area contributed by atoms with Crippen LogP contribution in [-0.2, 0) is 16.1 Å². The largest absolute Gasteiger partial charge is 0.493 e. The van der Waals surface area contributed by atoms with Crippen molar-refractivity contribution >= 4 is 63.8 Å². The molecule has 1 saturated heterocycles. The Balaban J connectivity index is 1.41. The Kier molecular flexibility index (Phi) is 9.40. The zero-order valence-corrected chi connectivity index (χ0v) is 23.4. The number of para-hydroxylation sites is 2. The second kappa shape index (κ2) is 12.9. The van der Waals surface area contributed by atoms with Gasteiger partial charge in [0.1, 0.15) is 5.75 Å². The van der Waals surface area contributed by atoms with Gasteiger partial charge < -0.3 is 19.5 Å². The lowest BCUT2D eigenvalue weighted by Crippen LogP contribution is -2.27. The molecular weight excluding hydrogens is 563 g/mol. The molecule has 202 valence electrons. The van der Waals surface area contributed by atoms with E-state index < -0.39 is 5.91 Å². The Labute approximate surface area is 239 Å². The summed E-state index contributed by atoms with van der Waals surface area (Å²) in [7, 11) is 1.47. The molecule has 1 heterocycles. The fraction of sp³-hybridized carbons (Fsp3) is 0.179. The third-order valence-electron chi connectivity index (χ3n) is 5.50. The number of methoxy groups -OCH3 is 1. The third kappa shape index (κ3) is 7.06. The molecule has 0 radical (unpaired) electrons. The van der Waals surface area contributed by atoms with Gasteiger partial charge in [-0.05, 0) is 72.3 Å². The van der Waals surface area contributed by atoms with Crippen LogP contribution in [0.5, 0.6) is 17.2 Å². The fourth-order valence-electron chi connectivity index (χ4n) is 3.68. The molecule has 0 bridgehead atoms. The minimum Gasteiger partial charge on any atom is -0.493 e. The molecule has 0 spiro atoms. The number of anilines is 1. The molecule has 8 nitrogen and oxygen atoms in total. The molecule has 0 saturated carbocycles. The van der Waals surface area contributed by atoms with Crippen LogP contribution >= 0.6 is 35.0 Å². The lowest BCUT2D eigenvalue weighted by atomic mass is 10.1. The summed E-state index contributed by atoms with van der Waals surface area (Å²) in [6.07, 6.45) is 1.60.